The topological polar surface area (TPSA) is 81.8 Å². The standard InChI is InChI=1S/C17H18FN5O2/c1-12(9-23-6-2-5-21-23)8-19-16(24)10-22-11-20-15-4-3-13(18)7-14(15)17(22)25/h2-7,11-12H,8-10H2,1H3,(H,19,24). The van der Waals surface area contributed by atoms with Gasteiger partial charge in [-0.05, 0) is 30.2 Å². The lowest BCUT2D eigenvalue weighted by Gasteiger charge is -2.13. The first kappa shape index (κ1) is 16.8. The Bertz CT molecular complexity index is 936. The molecule has 130 valence electrons. The fourth-order valence-corrected chi connectivity index (χ4v) is 2.53. The molecule has 3 rings (SSSR count). The Morgan fingerprint density at radius 3 is 3.00 bits per heavy atom. The summed E-state index contributed by atoms with van der Waals surface area (Å²) in [6.45, 7) is 2.98. The first-order chi connectivity index (χ1) is 12.0. The van der Waals surface area contributed by atoms with Gasteiger partial charge in [0.15, 0.2) is 0 Å². The van der Waals surface area contributed by atoms with Crippen molar-refractivity contribution in [2.24, 2.45) is 5.92 Å². The molecule has 0 spiro atoms. The third kappa shape index (κ3) is 4.09. The summed E-state index contributed by atoms with van der Waals surface area (Å²) in [4.78, 5) is 28.5. The molecule has 25 heavy (non-hydrogen) atoms. The van der Waals surface area contributed by atoms with Crippen LogP contribution in [0.4, 0.5) is 4.39 Å². The molecular weight excluding hydrogens is 325 g/mol. The zero-order valence-electron chi connectivity index (χ0n) is 13.7. The van der Waals surface area contributed by atoms with Gasteiger partial charge in [0.2, 0.25) is 5.91 Å². The second-order valence-corrected chi connectivity index (χ2v) is 5.98. The summed E-state index contributed by atoms with van der Waals surface area (Å²) >= 11 is 0. The molecule has 1 atom stereocenters. The molecule has 2 heterocycles. The van der Waals surface area contributed by atoms with Crippen LogP contribution in [-0.2, 0) is 17.9 Å². The van der Waals surface area contributed by atoms with E-state index >= 15 is 0 Å². The molecule has 7 nitrogen and oxygen atoms in total. The highest BCUT2D eigenvalue weighted by molar-refractivity contribution is 5.78. The Balaban J connectivity index is 1.62. The van der Waals surface area contributed by atoms with Crippen LogP contribution in [0.5, 0.6) is 0 Å². The van der Waals surface area contributed by atoms with Gasteiger partial charge >= 0.3 is 0 Å². The number of fused-ring (bicyclic) bond motifs is 1. The Labute approximate surface area is 143 Å². The second-order valence-electron chi connectivity index (χ2n) is 5.98. The molecule has 3 aromatic rings. The molecule has 0 saturated heterocycles. The van der Waals surface area contributed by atoms with Crippen molar-refractivity contribution in [2.75, 3.05) is 6.54 Å². The SMILES string of the molecule is CC(CNC(=O)Cn1cnc2ccc(F)cc2c1=O)Cn1cccn1. The average molecular weight is 343 g/mol. The molecule has 0 radical (unpaired) electrons. The Hall–Kier alpha value is -3.03. The lowest BCUT2D eigenvalue weighted by atomic mass is 10.2. The molecule has 1 amide bonds. The van der Waals surface area contributed by atoms with Gasteiger partial charge in [-0.1, -0.05) is 6.92 Å². The van der Waals surface area contributed by atoms with Crippen LogP contribution in [0.2, 0.25) is 0 Å². The normalized spacial score (nSPS) is 12.2. The van der Waals surface area contributed by atoms with Gasteiger partial charge in [0.1, 0.15) is 12.4 Å². The predicted molar refractivity (Wildman–Crippen MR) is 90.4 cm³/mol. The number of carbonyl (C=O) groups is 1. The molecule has 1 N–H and O–H groups in total. The minimum Gasteiger partial charge on any atom is -0.354 e. The van der Waals surface area contributed by atoms with E-state index in [2.05, 4.69) is 15.4 Å². The van der Waals surface area contributed by atoms with Crippen LogP contribution in [0.3, 0.4) is 0 Å². The smallest absolute Gasteiger partial charge is 0.261 e. The first-order valence-electron chi connectivity index (χ1n) is 7.92. The number of halogens is 1. The van der Waals surface area contributed by atoms with Crippen molar-refractivity contribution in [3.05, 3.63) is 59.2 Å². The molecule has 2 aromatic heterocycles. The monoisotopic (exact) mass is 343 g/mol. The number of hydrogen-bond donors (Lipinski definition) is 1. The first-order valence-corrected chi connectivity index (χ1v) is 7.92. The quantitative estimate of drug-likeness (QED) is 0.729. The van der Waals surface area contributed by atoms with E-state index in [0.29, 0.717) is 18.6 Å². The van der Waals surface area contributed by atoms with E-state index in [4.69, 9.17) is 0 Å². The fraction of sp³-hybridized carbons (Fsp3) is 0.294. The van der Waals surface area contributed by atoms with Gasteiger partial charge in [-0.25, -0.2) is 9.37 Å². The summed E-state index contributed by atoms with van der Waals surface area (Å²) in [5, 5.41) is 7.06. The third-order valence-electron chi connectivity index (χ3n) is 3.81. The number of aromatic nitrogens is 4. The van der Waals surface area contributed by atoms with Crippen molar-refractivity contribution in [3.63, 3.8) is 0 Å². The Kier molecular flexibility index (Phi) is 4.87. The lowest BCUT2D eigenvalue weighted by Crippen LogP contribution is -2.35. The van der Waals surface area contributed by atoms with Crippen molar-refractivity contribution in [1.82, 2.24) is 24.6 Å². The van der Waals surface area contributed by atoms with Crippen LogP contribution < -0.4 is 10.9 Å². The maximum absolute atomic E-state index is 13.3. The number of amides is 1. The Morgan fingerprint density at radius 2 is 2.24 bits per heavy atom. The van der Waals surface area contributed by atoms with E-state index in [9.17, 15) is 14.0 Å². The highest BCUT2D eigenvalue weighted by Crippen LogP contribution is 2.08. The lowest BCUT2D eigenvalue weighted by molar-refractivity contribution is -0.121. The van der Waals surface area contributed by atoms with Crippen molar-refractivity contribution >= 4 is 16.8 Å². The van der Waals surface area contributed by atoms with Gasteiger partial charge in [0, 0.05) is 25.5 Å². The average Bonchev–Trinajstić information content (AvgIpc) is 3.09. The van der Waals surface area contributed by atoms with Crippen LogP contribution in [-0.4, -0.2) is 31.8 Å². The van der Waals surface area contributed by atoms with Crippen molar-refractivity contribution in [2.45, 2.75) is 20.0 Å². The van der Waals surface area contributed by atoms with Gasteiger partial charge in [-0.2, -0.15) is 5.10 Å². The van der Waals surface area contributed by atoms with E-state index in [1.165, 1.54) is 23.0 Å². The van der Waals surface area contributed by atoms with Gasteiger partial charge in [0.25, 0.3) is 5.56 Å². The van der Waals surface area contributed by atoms with Gasteiger partial charge in [0.05, 0.1) is 17.2 Å². The van der Waals surface area contributed by atoms with Crippen LogP contribution >= 0.6 is 0 Å². The van der Waals surface area contributed by atoms with E-state index < -0.39 is 11.4 Å². The summed E-state index contributed by atoms with van der Waals surface area (Å²) < 4.78 is 16.3. The zero-order chi connectivity index (χ0) is 17.8. The third-order valence-corrected chi connectivity index (χ3v) is 3.81. The molecule has 0 aliphatic rings. The molecule has 0 aliphatic heterocycles. The maximum atomic E-state index is 13.3. The van der Waals surface area contributed by atoms with Crippen LogP contribution in [0.1, 0.15) is 6.92 Å². The number of benzene rings is 1. The van der Waals surface area contributed by atoms with Crippen molar-refractivity contribution in [1.29, 1.82) is 0 Å². The van der Waals surface area contributed by atoms with E-state index in [0.717, 1.165) is 6.07 Å². The number of hydrogen-bond acceptors (Lipinski definition) is 4. The highest BCUT2D eigenvalue weighted by atomic mass is 19.1. The second kappa shape index (κ2) is 7.25. The van der Waals surface area contributed by atoms with Crippen LogP contribution in [0, 0.1) is 11.7 Å². The van der Waals surface area contributed by atoms with E-state index in [1.807, 2.05) is 19.2 Å². The molecule has 0 fully saturated rings. The largest absolute Gasteiger partial charge is 0.354 e. The maximum Gasteiger partial charge on any atom is 0.261 e. The highest BCUT2D eigenvalue weighted by Gasteiger charge is 2.10. The van der Waals surface area contributed by atoms with Gasteiger partial charge in [-0.15, -0.1) is 0 Å². The molecule has 1 aromatic carbocycles. The van der Waals surface area contributed by atoms with E-state index in [-0.39, 0.29) is 23.8 Å². The summed E-state index contributed by atoms with van der Waals surface area (Å²) in [5.41, 5.74) is -0.0415. The number of carbonyl (C=O) groups excluding carboxylic acids is 1. The van der Waals surface area contributed by atoms with E-state index in [1.54, 1.807) is 10.9 Å². The summed E-state index contributed by atoms with van der Waals surface area (Å²) in [5.74, 6) is -0.627. The minimum absolute atomic E-state index is 0.155. The summed E-state index contributed by atoms with van der Waals surface area (Å²) in [6.07, 6.45) is 4.86. The number of nitrogens with zero attached hydrogens (tertiary/aromatic N) is 4. The molecule has 0 saturated carbocycles. The molecule has 0 bridgehead atoms. The van der Waals surface area contributed by atoms with Crippen LogP contribution in [0.15, 0.2) is 47.8 Å². The van der Waals surface area contributed by atoms with Crippen molar-refractivity contribution in [3.8, 4) is 0 Å². The number of nitrogens with one attached hydrogen (secondary N) is 1. The molecule has 1 unspecified atom stereocenters. The summed E-state index contributed by atoms with van der Waals surface area (Å²) in [6, 6.07) is 5.65. The summed E-state index contributed by atoms with van der Waals surface area (Å²) in [7, 11) is 0. The van der Waals surface area contributed by atoms with Gasteiger partial charge in [-0.3, -0.25) is 18.8 Å². The van der Waals surface area contributed by atoms with Crippen LogP contribution in [0.25, 0.3) is 10.9 Å². The molecular formula is C17H18FN5O2. The minimum atomic E-state index is -0.513. The molecule has 0 aliphatic carbocycles. The Morgan fingerprint density at radius 1 is 1.40 bits per heavy atom. The fourth-order valence-electron chi connectivity index (χ4n) is 2.53. The zero-order valence-corrected chi connectivity index (χ0v) is 13.7. The predicted octanol–water partition coefficient (Wildman–Crippen LogP) is 1.18. The van der Waals surface area contributed by atoms with Crippen molar-refractivity contribution < 1.29 is 9.18 Å². The number of rotatable bonds is 6. The molecule has 8 heteroatoms. The van der Waals surface area contributed by atoms with Gasteiger partial charge < -0.3 is 5.32 Å².